The van der Waals surface area contributed by atoms with E-state index in [9.17, 15) is 19.2 Å². The third kappa shape index (κ3) is 3.93. The minimum atomic E-state index is -0.953. The van der Waals surface area contributed by atoms with Crippen LogP contribution in [0.4, 0.5) is 4.79 Å². The normalized spacial score (nSPS) is 21.0. The molecule has 1 aliphatic carbocycles. The zero-order valence-electron chi connectivity index (χ0n) is 11.7. The van der Waals surface area contributed by atoms with Crippen molar-refractivity contribution in [3.63, 3.8) is 0 Å². The summed E-state index contributed by atoms with van der Waals surface area (Å²) in [6.07, 6.45) is 3.89. The van der Waals surface area contributed by atoms with Crippen LogP contribution < -0.4 is 10.6 Å². The summed E-state index contributed by atoms with van der Waals surface area (Å²) in [7, 11) is 0. The van der Waals surface area contributed by atoms with Gasteiger partial charge in [-0.2, -0.15) is 0 Å². The molecule has 8 nitrogen and oxygen atoms in total. The van der Waals surface area contributed by atoms with Crippen molar-refractivity contribution in [1.29, 1.82) is 0 Å². The fraction of sp³-hybridized carbons (Fsp3) is 0.692. The van der Waals surface area contributed by atoms with E-state index in [2.05, 4.69) is 10.6 Å². The van der Waals surface area contributed by atoms with Gasteiger partial charge < -0.3 is 15.3 Å². The molecule has 4 amide bonds. The molecule has 1 aliphatic heterocycles. The maximum absolute atomic E-state index is 12.1. The molecular formula is C13H19N3O5. The molecule has 1 saturated heterocycles. The van der Waals surface area contributed by atoms with E-state index in [0.717, 1.165) is 24.2 Å². The van der Waals surface area contributed by atoms with Gasteiger partial charge in [-0.15, -0.1) is 0 Å². The number of hydrogen-bond donors (Lipinski definition) is 3. The molecule has 8 heteroatoms. The van der Waals surface area contributed by atoms with E-state index in [1.807, 2.05) is 0 Å². The topological polar surface area (TPSA) is 116 Å². The molecule has 2 aliphatic rings. The van der Waals surface area contributed by atoms with Crippen molar-refractivity contribution in [2.24, 2.45) is 0 Å². The van der Waals surface area contributed by atoms with Crippen LogP contribution in [0.5, 0.6) is 0 Å². The Morgan fingerprint density at radius 1 is 1.24 bits per heavy atom. The summed E-state index contributed by atoms with van der Waals surface area (Å²) in [5.74, 6) is -1.82. The number of rotatable bonds is 5. The summed E-state index contributed by atoms with van der Waals surface area (Å²) < 4.78 is 0. The van der Waals surface area contributed by atoms with Crippen LogP contribution in [0.25, 0.3) is 0 Å². The number of carboxylic acid groups (broad SMARTS) is 1. The number of nitrogens with one attached hydrogen (secondary N) is 2. The molecule has 0 aromatic carbocycles. The van der Waals surface area contributed by atoms with Crippen LogP contribution >= 0.6 is 0 Å². The largest absolute Gasteiger partial charge is 0.481 e. The Morgan fingerprint density at radius 2 is 1.90 bits per heavy atom. The highest BCUT2D eigenvalue weighted by Crippen LogP contribution is 2.31. The van der Waals surface area contributed by atoms with Crippen molar-refractivity contribution in [3.8, 4) is 0 Å². The molecule has 0 atom stereocenters. The number of amides is 4. The highest BCUT2D eigenvalue weighted by atomic mass is 16.4. The number of carboxylic acids is 1. The maximum Gasteiger partial charge on any atom is 0.325 e. The van der Waals surface area contributed by atoms with Crippen molar-refractivity contribution in [3.05, 3.63) is 0 Å². The first-order valence-electron chi connectivity index (χ1n) is 7.02. The summed E-state index contributed by atoms with van der Waals surface area (Å²) in [5, 5.41) is 13.9. The van der Waals surface area contributed by atoms with Gasteiger partial charge in [0, 0.05) is 0 Å². The monoisotopic (exact) mass is 297 g/mol. The molecule has 3 N–H and O–H groups in total. The quantitative estimate of drug-likeness (QED) is 0.609. The third-order valence-corrected chi connectivity index (χ3v) is 3.91. The number of nitrogens with zero attached hydrogens (tertiary/aromatic N) is 1. The molecule has 1 saturated carbocycles. The summed E-state index contributed by atoms with van der Waals surface area (Å²) in [6, 6.07) is -0.592. The summed E-state index contributed by atoms with van der Waals surface area (Å²) in [4.78, 5) is 46.6. The Balaban J connectivity index is 1.96. The van der Waals surface area contributed by atoms with E-state index in [0.29, 0.717) is 12.8 Å². The first kappa shape index (κ1) is 15.3. The molecule has 2 rings (SSSR count). The molecule has 0 aromatic rings. The van der Waals surface area contributed by atoms with Gasteiger partial charge in [-0.1, -0.05) is 19.3 Å². The lowest BCUT2D eigenvalue weighted by atomic mass is 9.79. The maximum atomic E-state index is 12.1. The Morgan fingerprint density at radius 3 is 2.43 bits per heavy atom. The van der Waals surface area contributed by atoms with Crippen LogP contribution in [0.3, 0.4) is 0 Å². The molecule has 116 valence electrons. The lowest BCUT2D eigenvalue weighted by Gasteiger charge is -2.37. The van der Waals surface area contributed by atoms with Crippen molar-refractivity contribution in [2.45, 2.75) is 44.1 Å². The average Bonchev–Trinajstić information content (AvgIpc) is 2.67. The number of urea groups is 1. The van der Waals surface area contributed by atoms with Gasteiger partial charge in [-0.3, -0.25) is 19.7 Å². The van der Waals surface area contributed by atoms with Gasteiger partial charge in [0.15, 0.2) is 0 Å². The zero-order chi connectivity index (χ0) is 15.5. The molecule has 0 radical (unpaired) electrons. The van der Waals surface area contributed by atoms with Crippen LogP contribution in [-0.2, 0) is 14.4 Å². The van der Waals surface area contributed by atoms with Gasteiger partial charge in [0.05, 0.1) is 12.0 Å². The predicted octanol–water partition coefficient (Wildman–Crippen LogP) is -0.168. The van der Waals surface area contributed by atoms with Crippen molar-refractivity contribution >= 4 is 23.8 Å². The summed E-state index contributed by atoms with van der Waals surface area (Å²) >= 11 is 0. The van der Waals surface area contributed by atoms with E-state index in [1.54, 1.807) is 0 Å². The van der Waals surface area contributed by atoms with E-state index in [-0.39, 0.29) is 19.5 Å². The van der Waals surface area contributed by atoms with Crippen molar-refractivity contribution < 1.29 is 24.3 Å². The Kier molecular flexibility index (Phi) is 4.44. The van der Waals surface area contributed by atoms with E-state index in [1.165, 1.54) is 0 Å². The van der Waals surface area contributed by atoms with Crippen molar-refractivity contribution in [2.75, 3.05) is 13.1 Å². The number of carbonyl (C=O) groups excluding carboxylic acids is 3. The molecule has 0 unspecified atom stereocenters. The lowest BCUT2D eigenvalue weighted by molar-refractivity contribution is -0.139. The van der Waals surface area contributed by atoms with Gasteiger partial charge in [0.1, 0.15) is 13.1 Å². The lowest BCUT2D eigenvalue weighted by Crippen LogP contribution is -2.53. The van der Waals surface area contributed by atoms with E-state index in [4.69, 9.17) is 5.11 Å². The summed E-state index contributed by atoms with van der Waals surface area (Å²) in [6.45, 7) is -0.378. The molecule has 0 aromatic heterocycles. The Labute approximate surface area is 121 Å². The van der Waals surface area contributed by atoms with Gasteiger partial charge >= 0.3 is 12.0 Å². The SMILES string of the molecule is O=C(O)CC1(NC(=O)CN2CC(=O)NC2=O)CCCCC1. The van der Waals surface area contributed by atoms with Gasteiger partial charge in [0.2, 0.25) is 11.8 Å². The number of hydrogen-bond acceptors (Lipinski definition) is 4. The van der Waals surface area contributed by atoms with Crippen LogP contribution in [0.2, 0.25) is 0 Å². The van der Waals surface area contributed by atoms with Crippen LogP contribution in [0, 0.1) is 0 Å². The highest BCUT2D eigenvalue weighted by Gasteiger charge is 2.37. The molecule has 21 heavy (non-hydrogen) atoms. The van der Waals surface area contributed by atoms with Gasteiger partial charge in [-0.05, 0) is 12.8 Å². The molecule has 2 fully saturated rings. The number of aliphatic carboxylic acids is 1. The zero-order valence-corrected chi connectivity index (χ0v) is 11.7. The van der Waals surface area contributed by atoms with Crippen LogP contribution in [0.1, 0.15) is 38.5 Å². The minimum absolute atomic E-state index is 0.121. The van der Waals surface area contributed by atoms with Crippen molar-refractivity contribution in [1.82, 2.24) is 15.5 Å². The first-order valence-corrected chi connectivity index (χ1v) is 7.02. The standard InChI is InChI=1S/C13H19N3O5/c17-9-7-16(12(21)14-9)8-10(18)15-13(6-11(19)20)4-2-1-3-5-13/h1-8H2,(H,15,18)(H,19,20)(H,14,17,21). The van der Waals surface area contributed by atoms with Crippen LogP contribution in [-0.4, -0.2) is 52.4 Å². The summed E-state index contributed by atoms with van der Waals surface area (Å²) in [5.41, 5.74) is -0.735. The molecule has 0 bridgehead atoms. The second-order valence-electron chi connectivity index (χ2n) is 5.67. The van der Waals surface area contributed by atoms with E-state index < -0.39 is 29.4 Å². The minimum Gasteiger partial charge on any atom is -0.481 e. The predicted molar refractivity (Wildman–Crippen MR) is 71.3 cm³/mol. The second-order valence-corrected chi connectivity index (χ2v) is 5.67. The Hall–Kier alpha value is -2.12. The van der Waals surface area contributed by atoms with E-state index >= 15 is 0 Å². The fourth-order valence-electron chi connectivity index (χ4n) is 2.98. The number of carbonyl (C=O) groups is 4. The van der Waals surface area contributed by atoms with Crippen LogP contribution in [0.15, 0.2) is 0 Å². The number of imide groups is 1. The highest BCUT2D eigenvalue weighted by molar-refractivity contribution is 6.03. The molecular weight excluding hydrogens is 278 g/mol. The first-order chi connectivity index (χ1) is 9.90. The fourth-order valence-corrected chi connectivity index (χ4v) is 2.98. The smallest absolute Gasteiger partial charge is 0.325 e. The molecule has 1 heterocycles. The molecule has 0 spiro atoms. The average molecular weight is 297 g/mol. The second kappa shape index (κ2) is 6.11. The van der Waals surface area contributed by atoms with Gasteiger partial charge in [-0.25, -0.2) is 4.79 Å². The third-order valence-electron chi connectivity index (χ3n) is 3.91. The Bertz CT molecular complexity index is 470. The van der Waals surface area contributed by atoms with Gasteiger partial charge in [0.25, 0.3) is 0 Å².